The van der Waals surface area contributed by atoms with Gasteiger partial charge < -0.3 is 0 Å². The molecule has 5 heteroatoms. The Labute approximate surface area is 68.3 Å². The molecular formula is CHKN4. The number of H-pyrrole nitrogens is 1. The van der Waals surface area contributed by atoms with E-state index >= 15 is 0 Å². The monoisotopic (exact) mass is 108 g/mol. The molecule has 0 aliphatic rings. The molecule has 0 fully saturated rings. The summed E-state index contributed by atoms with van der Waals surface area (Å²) in [5.41, 5.74) is 0. The van der Waals surface area contributed by atoms with E-state index in [1.165, 1.54) is 0 Å². The molecule has 1 N–H and O–H groups in total. The van der Waals surface area contributed by atoms with Crippen LogP contribution in [0.2, 0.25) is 0 Å². The predicted octanol–water partition coefficient (Wildman–Crippen LogP) is -2.01. The standard InChI is InChI=1S/CHN4.K/c1-2-4-5-3-1;/h(H,2,3,4,5);. The van der Waals surface area contributed by atoms with Gasteiger partial charge >= 0.3 is 69.5 Å². The van der Waals surface area contributed by atoms with Crippen molar-refractivity contribution in [2.24, 2.45) is 0 Å². The van der Waals surface area contributed by atoms with Crippen LogP contribution in [-0.2, 0) is 0 Å². The van der Waals surface area contributed by atoms with Crippen LogP contribution in [0.1, 0.15) is 0 Å². The van der Waals surface area contributed by atoms with Gasteiger partial charge in [0.2, 0.25) is 0 Å². The molecule has 1 aromatic heterocycles. The van der Waals surface area contributed by atoms with E-state index < -0.39 is 0 Å². The van der Waals surface area contributed by atoms with Gasteiger partial charge in [-0.1, -0.05) is 0 Å². The minimum absolute atomic E-state index is 0.594. The van der Waals surface area contributed by atoms with E-state index in [-0.39, 0.29) is 0 Å². The Balaban J connectivity index is 3.05. The Hall–Kier alpha value is 0.706. The first-order valence-electron chi connectivity index (χ1n) is 1.60. The van der Waals surface area contributed by atoms with Gasteiger partial charge in [-0.05, 0) is 0 Å². The molecule has 0 saturated heterocycles. The van der Waals surface area contributed by atoms with Crippen LogP contribution in [0.15, 0.2) is 0 Å². The summed E-state index contributed by atoms with van der Waals surface area (Å²) in [6.45, 7) is 0. The Morgan fingerprint density at radius 3 is 2.67 bits per heavy atom. The van der Waals surface area contributed by atoms with Crippen molar-refractivity contribution >= 4 is 48.9 Å². The number of hydrogen-bond donors (Lipinski definition) is 1. The van der Waals surface area contributed by atoms with Gasteiger partial charge in [-0.2, -0.15) is 0 Å². The van der Waals surface area contributed by atoms with E-state index in [4.69, 9.17) is 0 Å². The van der Waals surface area contributed by atoms with Crippen LogP contribution in [0.4, 0.5) is 0 Å². The Morgan fingerprint density at radius 2 is 2.50 bits per heavy atom. The Kier molecular flexibility index (Phi) is 1.72. The molecule has 0 radical (unpaired) electrons. The van der Waals surface area contributed by atoms with Gasteiger partial charge in [-0.15, -0.1) is 0 Å². The first kappa shape index (κ1) is 4.86. The van der Waals surface area contributed by atoms with Crippen molar-refractivity contribution in [2.75, 3.05) is 0 Å². The molecule has 1 rings (SSSR count). The average molecular weight is 108 g/mol. The number of tetrazole rings is 1. The van der Waals surface area contributed by atoms with Crippen molar-refractivity contribution in [2.45, 2.75) is 0 Å². The van der Waals surface area contributed by atoms with Crippen molar-refractivity contribution in [1.82, 2.24) is 20.6 Å². The number of aromatic amines is 1. The summed E-state index contributed by atoms with van der Waals surface area (Å²) >= 11 is 0.594. The molecule has 1 heterocycles. The Bertz CT molecular complexity index is 111. The van der Waals surface area contributed by atoms with Crippen molar-refractivity contribution in [3.05, 3.63) is 0 Å². The van der Waals surface area contributed by atoms with Crippen LogP contribution in [0, 0.1) is 0 Å². The van der Waals surface area contributed by atoms with Crippen molar-refractivity contribution < 1.29 is 0 Å². The van der Waals surface area contributed by atoms with E-state index in [1.807, 2.05) is 0 Å². The van der Waals surface area contributed by atoms with E-state index in [0.717, 1.165) is -0.0810 Å². The first-order chi connectivity index (χ1) is 2.89. The van der Waals surface area contributed by atoms with Crippen LogP contribution >= 0.6 is 0 Å². The van der Waals surface area contributed by atoms with E-state index in [0.29, 0.717) is 49.0 Å². The summed E-state index contributed by atoms with van der Waals surface area (Å²) in [6, 6.07) is 0. The molecular weight excluding hydrogens is 107 g/mol. The molecule has 0 aromatic carbocycles. The van der Waals surface area contributed by atoms with E-state index in [1.54, 1.807) is 0 Å². The summed E-state index contributed by atoms with van der Waals surface area (Å²) < 4.78 is 0.933. The minimum atomic E-state index is 0.594. The van der Waals surface area contributed by atoms with E-state index in [2.05, 4.69) is 20.6 Å². The molecule has 26 valence electrons. The van der Waals surface area contributed by atoms with Crippen molar-refractivity contribution in [1.29, 1.82) is 0 Å². The Morgan fingerprint density at radius 1 is 1.67 bits per heavy atom. The van der Waals surface area contributed by atoms with Gasteiger partial charge in [0.1, 0.15) is 0 Å². The second-order valence-electron chi connectivity index (χ2n) is 0.987. The zero-order valence-electron chi connectivity index (χ0n) is 3.34. The second kappa shape index (κ2) is 2.13. The fourth-order valence-corrected chi connectivity index (χ4v) is 0.502. The summed E-state index contributed by atoms with van der Waals surface area (Å²) in [5.74, 6) is 0. The SMILES string of the molecule is [K][c]1nnn[nH]1. The van der Waals surface area contributed by atoms with Gasteiger partial charge in [0.05, 0.1) is 0 Å². The molecule has 0 amide bonds. The molecule has 1 aromatic rings. The number of nitrogens with one attached hydrogen (secondary N) is 1. The zero-order chi connectivity index (χ0) is 4.41. The molecule has 0 aliphatic heterocycles. The summed E-state index contributed by atoms with van der Waals surface area (Å²) in [6.07, 6.45) is 0. The third kappa shape index (κ3) is 1.09. The van der Waals surface area contributed by atoms with Crippen LogP contribution < -0.4 is -0.0810 Å². The first-order valence-corrected chi connectivity index (χ1v) is 3.16. The van der Waals surface area contributed by atoms with Crippen molar-refractivity contribution in [3.63, 3.8) is 0 Å². The fourth-order valence-electron chi connectivity index (χ4n) is 0.207. The quantitative estimate of drug-likeness (QED) is 0.391. The predicted molar refractivity (Wildman–Crippen MR) is 19.6 cm³/mol. The zero-order valence-corrected chi connectivity index (χ0v) is 6.46. The normalized spacial score (nSPS) is 9.00. The number of nitrogens with zero attached hydrogens (tertiary/aromatic N) is 3. The summed E-state index contributed by atoms with van der Waals surface area (Å²) in [7, 11) is 0. The molecule has 0 spiro atoms. The van der Waals surface area contributed by atoms with Crippen LogP contribution in [0.5, 0.6) is 0 Å². The van der Waals surface area contributed by atoms with Crippen LogP contribution in [-0.4, -0.2) is 69.6 Å². The fraction of sp³-hybridized carbons (Fsp3) is 0. The van der Waals surface area contributed by atoms with Gasteiger partial charge in [0.25, 0.3) is 0 Å². The van der Waals surface area contributed by atoms with E-state index in [9.17, 15) is 0 Å². The maximum atomic E-state index is 3.58. The number of rotatable bonds is 0. The third-order valence-electron chi connectivity index (χ3n) is 0.451. The average Bonchev–Trinajstić information content (AvgIpc) is 1.86. The van der Waals surface area contributed by atoms with Gasteiger partial charge in [-0.25, -0.2) is 0 Å². The molecule has 0 aliphatic carbocycles. The number of hydrogen-bond acceptors (Lipinski definition) is 3. The molecule has 0 unspecified atom stereocenters. The van der Waals surface area contributed by atoms with Crippen LogP contribution in [0.3, 0.4) is 0 Å². The summed E-state index contributed by atoms with van der Waals surface area (Å²) in [5, 5.41) is 12.9. The second-order valence-corrected chi connectivity index (χ2v) is 2.47. The van der Waals surface area contributed by atoms with Crippen LogP contribution in [0.25, 0.3) is 0 Å². The van der Waals surface area contributed by atoms with Gasteiger partial charge in [-0.3, -0.25) is 0 Å². The van der Waals surface area contributed by atoms with Gasteiger partial charge in [0.15, 0.2) is 0 Å². The molecule has 4 nitrogen and oxygen atoms in total. The molecule has 0 atom stereocenters. The molecule has 0 bridgehead atoms. The molecule has 0 saturated carbocycles. The number of aromatic nitrogens is 4. The topological polar surface area (TPSA) is 54.5 Å². The maximum absolute atomic E-state index is 3.58. The van der Waals surface area contributed by atoms with Crippen molar-refractivity contribution in [3.8, 4) is 0 Å². The third-order valence-corrected chi connectivity index (χ3v) is 1.11. The molecule has 6 heavy (non-hydrogen) atoms. The summed E-state index contributed by atoms with van der Waals surface area (Å²) in [4.78, 5) is 0. The van der Waals surface area contributed by atoms with Gasteiger partial charge in [0, 0.05) is 0 Å².